The molecule has 0 fully saturated rings. The Morgan fingerprint density at radius 3 is 2.04 bits per heavy atom. The minimum absolute atomic E-state index is 0.141. The van der Waals surface area contributed by atoms with Gasteiger partial charge in [-0.3, -0.25) is 9.52 Å². The zero-order valence-electron chi connectivity index (χ0n) is 14.0. The Morgan fingerprint density at radius 2 is 1.54 bits per heavy atom. The van der Waals surface area contributed by atoms with E-state index < -0.39 is 10.0 Å². The number of nitrogens with one attached hydrogen (secondary N) is 2. The highest BCUT2D eigenvalue weighted by Gasteiger charge is 2.14. The van der Waals surface area contributed by atoms with Crippen LogP contribution >= 0.6 is 0 Å². The maximum absolute atomic E-state index is 12.4. The Balaban J connectivity index is 2.14. The average molecular weight is 346 g/mol. The summed E-state index contributed by atoms with van der Waals surface area (Å²) in [5.74, 6) is 0.238. The Bertz CT molecular complexity index is 797. The van der Waals surface area contributed by atoms with Crippen molar-refractivity contribution in [1.29, 1.82) is 0 Å². The molecule has 1 amide bonds. The maximum atomic E-state index is 12.4. The molecule has 2 aromatic rings. The van der Waals surface area contributed by atoms with Crippen LogP contribution in [-0.2, 0) is 14.8 Å². The van der Waals surface area contributed by atoms with E-state index in [4.69, 9.17) is 0 Å². The molecule has 0 spiro atoms. The van der Waals surface area contributed by atoms with Crippen LogP contribution in [0.25, 0.3) is 0 Å². The summed E-state index contributed by atoms with van der Waals surface area (Å²) in [5.41, 5.74) is 2.26. The second kappa shape index (κ2) is 7.49. The van der Waals surface area contributed by atoms with Crippen LogP contribution < -0.4 is 10.0 Å². The van der Waals surface area contributed by atoms with E-state index in [1.165, 1.54) is 24.6 Å². The first-order chi connectivity index (χ1) is 11.3. The van der Waals surface area contributed by atoms with E-state index >= 15 is 0 Å². The quantitative estimate of drug-likeness (QED) is 0.831. The van der Waals surface area contributed by atoms with Gasteiger partial charge in [-0.05, 0) is 54.3 Å². The van der Waals surface area contributed by atoms with Gasteiger partial charge in [0.05, 0.1) is 4.90 Å². The number of anilines is 2. The minimum Gasteiger partial charge on any atom is -0.326 e. The van der Waals surface area contributed by atoms with Gasteiger partial charge < -0.3 is 5.32 Å². The monoisotopic (exact) mass is 346 g/mol. The molecule has 6 heteroatoms. The maximum Gasteiger partial charge on any atom is 0.261 e. The first-order valence-electron chi connectivity index (χ1n) is 7.82. The number of sulfonamides is 1. The lowest BCUT2D eigenvalue weighted by Gasteiger charge is -2.12. The molecule has 0 aromatic heterocycles. The molecular weight excluding hydrogens is 324 g/mol. The zero-order chi connectivity index (χ0) is 17.7. The first-order valence-corrected chi connectivity index (χ1v) is 9.30. The summed E-state index contributed by atoms with van der Waals surface area (Å²) in [5, 5.41) is 2.60. The van der Waals surface area contributed by atoms with Gasteiger partial charge in [0.15, 0.2) is 0 Å². The van der Waals surface area contributed by atoms with Gasteiger partial charge in [0.2, 0.25) is 5.91 Å². The molecule has 1 atom stereocenters. The molecule has 0 heterocycles. The highest BCUT2D eigenvalue weighted by atomic mass is 32.2. The molecule has 24 heavy (non-hydrogen) atoms. The molecule has 0 aliphatic carbocycles. The fourth-order valence-electron chi connectivity index (χ4n) is 2.25. The molecule has 0 saturated heterocycles. The summed E-state index contributed by atoms with van der Waals surface area (Å²) in [4.78, 5) is 11.1. The molecule has 2 aromatic carbocycles. The van der Waals surface area contributed by atoms with Crippen molar-refractivity contribution < 1.29 is 13.2 Å². The van der Waals surface area contributed by atoms with Gasteiger partial charge >= 0.3 is 0 Å². The van der Waals surface area contributed by atoms with Crippen LogP contribution in [0.15, 0.2) is 53.4 Å². The summed E-state index contributed by atoms with van der Waals surface area (Å²) in [7, 11) is -3.66. The van der Waals surface area contributed by atoms with Gasteiger partial charge in [-0.2, -0.15) is 0 Å². The van der Waals surface area contributed by atoms with Gasteiger partial charge in [-0.1, -0.05) is 26.0 Å². The van der Waals surface area contributed by atoms with Crippen LogP contribution in [0.3, 0.4) is 0 Å². The Kier molecular flexibility index (Phi) is 5.62. The Morgan fingerprint density at radius 1 is 1.00 bits per heavy atom. The third kappa shape index (κ3) is 4.58. The van der Waals surface area contributed by atoms with E-state index in [-0.39, 0.29) is 10.8 Å². The second-order valence-electron chi connectivity index (χ2n) is 5.74. The number of benzene rings is 2. The van der Waals surface area contributed by atoms with E-state index in [1.807, 2.05) is 12.1 Å². The van der Waals surface area contributed by atoms with Crippen molar-refractivity contribution in [3.8, 4) is 0 Å². The van der Waals surface area contributed by atoms with E-state index in [0.29, 0.717) is 17.3 Å². The molecule has 2 rings (SSSR count). The number of carbonyl (C=O) groups excluding carboxylic acids is 1. The molecule has 128 valence electrons. The van der Waals surface area contributed by atoms with Gasteiger partial charge in [0.25, 0.3) is 10.0 Å². The SMILES string of the molecule is CCC(C)c1ccc(NS(=O)(=O)c2ccc(NC(C)=O)cc2)cc1. The lowest BCUT2D eigenvalue weighted by molar-refractivity contribution is -0.114. The highest BCUT2D eigenvalue weighted by molar-refractivity contribution is 7.92. The normalized spacial score (nSPS) is 12.5. The lowest BCUT2D eigenvalue weighted by Crippen LogP contribution is -2.13. The van der Waals surface area contributed by atoms with E-state index in [1.54, 1.807) is 24.3 Å². The van der Waals surface area contributed by atoms with Gasteiger partial charge in [-0.15, -0.1) is 0 Å². The van der Waals surface area contributed by atoms with Crippen molar-refractivity contribution >= 4 is 27.3 Å². The molecule has 0 aliphatic heterocycles. The molecule has 0 saturated carbocycles. The first kappa shape index (κ1) is 18.0. The summed E-state index contributed by atoms with van der Waals surface area (Å²) < 4.78 is 27.4. The van der Waals surface area contributed by atoms with Crippen LogP contribution in [0.1, 0.15) is 38.7 Å². The molecule has 1 unspecified atom stereocenters. The summed E-state index contributed by atoms with van der Waals surface area (Å²) in [6.07, 6.45) is 1.03. The largest absolute Gasteiger partial charge is 0.326 e. The van der Waals surface area contributed by atoms with Crippen LogP contribution in [0, 0.1) is 0 Å². The van der Waals surface area contributed by atoms with Gasteiger partial charge in [0.1, 0.15) is 0 Å². The number of hydrogen-bond acceptors (Lipinski definition) is 3. The van der Waals surface area contributed by atoms with Gasteiger partial charge in [0, 0.05) is 18.3 Å². The lowest BCUT2D eigenvalue weighted by atomic mass is 9.99. The third-order valence-electron chi connectivity index (χ3n) is 3.83. The molecule has 2 N–H and O–H groups in total. The van der Waals surface area contributed by atoms with Crippen molar-refractivity contribution in [2.24, 2.45) is 0 Å². The second-order valence-corrected chi connectivity index (χ2v) is 7.42. The van der Waals surface area contributed by atoms with Crippen molar-refractivity contribution in [1.82, 2.24) is 0 Å². The zero-order valence-corrected chi connectivity index (χ0v) is 14.9. The van der Waals surface area contributed by atoms with E-state index in [9.17, 15) is 13.2 Å². The molecule has 0 radical (unpaired) electrons. The molecule has 0 bridgehead atoms. The van der Waals surface area contributed by atoms with Crippen LogP contribution in [0.2, 0.25) is 0 Å². The fraction of sp³-hybridized carbons (Fsp3) is 0.278. The molecular formula is C18H22N2O3S. The molecule has 0 aliphatic rings. The average Bonchev–Trinajstić information content (AvgIpc) is 2.54. The fourth-order valence-corrected chi connectivity index (χ4v) is 3.31. The van der Waals surface area contributed by atoms with Crippen molar-refractivity contribution in [2.75, 3.05) is 10.0 Å². The third-order valence-corrected chi connectivity index (χ3v) is 5.23. The summed E-state index contributed by atoms with van der Waals surface area (Å²) in [6, 6.07) is 13.4. The van der Waals surface area contributed by atoms with E-state index in [2.05, 4.69) is 23.9 Å². The number of amides is 1. The Hall–Kier alpha value is -2.34. The van der Waals surface area contributed by atoms with Crippen molar-refractivity contribution in [2.45, 2.75) is 38.0 Å². The summed E-state index contributed by atoms with van der Waals surface area (Å²) >= 11 is 0. The topological polar surface area (TPSA) is 75.3 Å². The number of hydrogen-bond donors (Lipinski definition) is 2. The predicted molar refractivity (Wildman–Crippen MR) is 96.7 cm³/mol. The van der Waals surface area contributed by atoms with Gasteiger partial charge in [-0.25, -0.2) is 8.42 Å². The smallest absolute Gasteiger partial charge is 0.261 e. The van der Waals surface area contributed by atoms with Crippen molar-refractivity contribution in [3.63, 3.8) is 0 Å². The minimum atomic E-state index is -3.66. The Labute approximate surface area is 143 Å². The molecule has 5 nitrogen and oxygen atoms in total. The van der Waals surface area contributed by atoms with E-state index in [0.717, 1.165) is 6.42 Å². The number of rotatable bonds is 6. The summed E-state index contributed by atoms with van der Waals surface area (Å²) in [6.45, 7) is 5.65. The van der Waals surface area contributed by atoms with Crippen LogP contribution in [-0.4, -0.2) is 14.3 Å². The standard InChI is InChI=1S/C18H22N2O3S/c1-4-13(2)15-5-7-17(8-6-15)20-24(22,23)18-11-9-16(10-12-18)19-14(3)21/h5-13,20H,4H2,1-3H3,(H,19,21). The van der Waals surface area contributed by atoms with Crippen LogP contribution in [0.4, 0.5) is 11.4 Å². The number of carbonyl (C=O) groups is 1. The highest BCUT2D eigenvalue weighted by Crippen LogP contribution is 2.22. The predicted octanol–water partition coefficient (Wildman–Crippen LogP) is 3.96. The van der Waals surface area contributed by atoms with Crippen LogP contribution in [0.5, 0.6) is 0 Å². The van der Waals surface area contributed by atoms with Crippen molar-refractivity contribution in [3.05, 3.63) is 54.1 Å².